The molecule has 0 radical (unpaired) electrons. The Balaban J connectivity index is 2.57. The lowest BCUT2D eigenvalue weighted by Crippen LogP contribution is -2.09. The van der Waals surface area contributed by atoms with Crippen molar-refractivity contribution in [3.05, 3.63) is 33.5 Å². The Morgan fingerprint density at radius 2 is 2.23 bits per heavy atom. The Kier molecular flexibility index (Phi) is 2.16. The monoisotopic (exact) mass is 244 g/mol. The second kappa shape index (κ2) is 3.07. The van der Waals surface area contributed by atoms with Gasteiger partial charge in [0.25, 0.3) is 0 Å². The molecule has 1 N–H and O–H groups in total. The van der Waals surface area contributed by atoms with E-state index in [2.05, 4.69) is 15.9 Å². The summed E-state index contributed by atoms with van der Waals surface area (Å²) in [6.07, 6.45) is 0.00843. The minimum atomic E-state index is -0.432. The molecule has 1 aromatic rings. The van der Waals surface area contributed by atoms with Crippen LogP contribution in [0.2, 0.25) is 0 Å². The van der Waals surface area contributed by atoms with E-state index in [1.54, 1.807) is 0 Å². The number of hydrogen-bond donors (Lipinski definition) is 1. The molecule has 3 heteroatoms. The van der Waals surface area contributed by atoms with E-state index in [9.17, 15) is 9.50 Å². The molecule has 0 fully saturated rings. The van der Waals surface area contributed by atoms with E-state index >= 15 is 0 Å². The van der Waals surface area contributed by atoms with Crippen LogP contribution in [0.4, 0.5) is 4.39 Å². The summed E-state index contributed by atoms with van der Waals surface area (Å²) in [5.74, 6) is -0.172. The van der Waals surface area contributed by atoms with Crippen LogP contribution in [0.1, 0.15) is 24.0 Å². The molecule has 0 bridgehead atoms. The van der Waals surface area contributed by atoms with Crippen molar-refractivity contribution in [1.82, 2.24) is 0 Å². The first-order chi connectivity index (χ1) is 6.09. The highest BCUT2D eigenvalue weighted by Gasteiger charge is 2.29. The van der Waals surface area contributed by atoms with Crippen molar-refractivity contribution in [3.8, 4) is 0 Å². The first-order valence-corrected chi connectivity index (χ1v) is 5.05. The van der Waals surface area contributed by atoms with E-state index < -0.39 is 6.10 Å². The Bertz CT molecular complexity index is 351. The Morgan fingerprint density at radius 3 is 2.92 bits per heavy atom. The molecule has 1 aliphatic rings. The van der Waals surface area contributed by atoms with E-state index in [4.69, 9.17) is 0 Å². The zero-order valence-electron chi connectivity index (χ0n) is 7.22. The first kappa shape index (κ1) is 9.16. The highest BCUT2D eigenvalue weighted by atomic mass is 79.9. The fourth-order valence-corrected chi connectivity index (χ4v) is 2.29. The number of hydrogen-bond acceptors (Lipinski definition) is 1. The average Bonchev–Trinajstić information content (AvgIpc) is 2.32. The van der Waals surface area contributed by atoms with E-state index in [-0.39, 0.29) is 11.7 Å². The maximum atomic E-state index is 13.4. The lowest BCUT2D eigenvalue weighted by Gasteiger charge is -2.08. The van der Waals surface area contributed by atoms with Crippen LogP contribution < -0.4 is 0 Å². The van der Waals surface area contributed by atoms with Gasteiger partial charge in [-0.15, -0.1) is 0 Å². The molecule has 13 heavy (non-hydrogen) atoms. The van der Waals surface area contributed by atoms with Gasteiger partial charge in [0, 0.05) is 16.8 Å². The predicted octanol–water partition coefficient (Wildman–Crippen LogP) is 2.61. The molecule has 0 saturated heterocycles. The third kappa shape index (κ3) is 1.40. The predicted molar refractivity (Wildman–Crippen MR) is 52.2 cm³/mol. The van der Waals surface area contributed by atoms with Crippen molar-refractivity contribution >= 4 is 15.9 Å². The number of fused-ring (bicyclic) bond motifs is 1. The summed E-state index contributed by atoms with van der Waals surface area (Å²) in [6.45, 7) is 1.92. The molecule has 0 saturated carbocycles. The van der Waals surface area contributed by atoms with Gasteiger partial charge < -0.3 is 5.11 Å². The van der Waals surface area contributed by atoms with E-state index in [0.717, 1.165) is 10.0 Å². The fourth-order valence-electron chi connectivity index (χ4n) is 1.84. The molecule has 0 aliphatic heterocycles. The molecule has 0 aromatic heterocycles. The third-order valence-corrected chi connectivity index (χ3v) is 3.13. The van der Waals surface area contributed by atoms with Gasteiger partial charge in [0.15, 0.2) is 0 Å². The molecule has 0 heterocycles. The molecular formula is C10H10BrFO. The maximum Gasteiger partial charge on any atom is 0.127 e. The van der Waals surface area contributed by atoms with Gasteiger partial charge in [0.2, 0.25) is 0 Å². The normalized spacial score (nSPS) is 26.2. The van der Waals surface area contributed by atoms with Crippen LogP contribution in [0.25, 0.3) is 0 Å². The minimum absolute atomic E-state index is 0.0435. The van der Waals surface area contributed by atoms with Gasteiger partial charge in [-0.25, -0.2) is 4.39 Å². The zero-order valence-corrected chi connectivity index (χ0v) is 8.81. The minimum Gasteiger partial charge on any atom is -0.392 e. The largest absolute Gasteiger partial charge is 0.392 e. The lowest BCUT2D eigenvalue weighted by atomic mass is 10.0. The second-order valence-corrected chi connectivity index (χ2v) is 4.43. The molecule has 0 spiro atoms. The third-order valence-electron chi connectivity index (χ3n) is 2.68. The summed E-state index contributed by atoms with van der Waals surface area (Å²) >= 11 is 3.24. The zero-order chi connectivity index (χ0) is 9.59. The molecule has 1 aromatic carbocycles. The van der Waals surface area contributed by atoms with Crippen molar-refractivity contribution in [2.45, 2.75) is 25.4 Å². The van der Waals surface area contributed by atoms with Crippen molar-refractivity contribution < 1.29 is 9.50 Å². The van der Waals surface area contributed by atoms with E-state index in [1.165, 1.54) is 6.07 Å². The van der Waals surface area contributed by atoms with Crippen LogP contribution in [0, 0.1) is 5.82 Å². The van der Waals surface area contributed by atoms with Crippen LogP contribution >= 0.6 is 15.9 Å². The number of aliphatic hydroxyl groups excluding tert-OH is 1. The summed E-state index contributed by atoms with van der Waals surface area (Å²) < 4.78 is 14.1. The first-order valence-electron chi connectivity index (χ1n) is 4.25. The molecule has 1 aliphatic carbocycles. The highest BCUT2D eigenvalue weighted by molar-refractivity contribution is 9.10. The van der Waals surface area contributed by atoms with Gasteiger partial charge in [-0.3, -0.25) is 0 Å². The second-order valence-electron chi connectivity index (χ2n) is 3.52. The van der Waals surface area contributed by atoms with Gasteiger partial charge >= 0.3 is 0 Å². The molecule has 0 unspecified atom stereocenters. The SMILES string of the molecule is C[C@@H]1c2cc(Br)cc(F)c2C[C@H]1O. The standard InChI is InChI=1S/C10H10BrFO/c1-5-7-2-6(11)3-9(12)8(7)4-10(5)13/h2-3,5,10,13H,4H2,1H3/t5-,10-/m1/s1. The van der Waals surface area contributed by atoms with Crippen LogP contribution in [0.5, 0.6) is 0 Å². The topological polar surface area (TPSA) is 20.2 Å². The molecule has 1 nitrogen and oxygen atoms in total. The average molecular weight is 245 g/mol. The molecule has 2 rings (SSSR count). The summed E-state index contributed by atoms with van der Waals surface area (Å²) in [4.78, 5) is 0. The van der Waals surface area contributed by atoms with Gasteiger partial charge in [0.05, 0.1) is 6.10 Å². The Labute approximate surface area is 84.7 Å². The number of halogens is 2. The highest BCUT2D eigenvalue weighted by Crippen LogP contribution is 2.36. The van der Waals surface area contributed by atoms with Gasteiger partial charge in [-0.2, -0.15) is 0 Å². The smallest absolute Gasteiger partial charge is 0.127 e. The van der Waals surface area contributed by atoms with Crippen molar-refractivity contribution in [1.29, 1.82) is 0 Å². The molecule has 70 valence electrons. The van der Waals surface area contributed by atoms with Gasteiger partial charge in [0.1, 0.15) is 5.82 Å². The van der Waals surface area contributed by atoms with Crippen LogP contribution in [0.15, 0.2) is 16.6 Å². The van der Waals surface area contributed by atoms with Crippen LogP contribution in [-0.2, 0) is 6.42 Å². The van der Waals surface area contributed by atoms with E-state index in [1.807, 2.05) is 13.0 Å². The summed E-state index contributed by atoms with van der Waals surface area (Å²) in [5.41, 5.74) is 1.60. The van der Waals surface area contributed by atoms with E-state index in [0.29, 0.717) is 12.0 Å². The Hall–Kier alpha value is -0.410. The quantitative estimate of drug-likeness (QED) is 0.744. The summed E-state index contributed by atoms with van der Waals surface area (Å²) in [5, 5.41) is 9.55. The molecule has 2 atom stereocenters. The number of aliphatic hydroxyl groups is 1. The number of benzene rings is 1. The maximum absolute atomic E-state index is 13.4. The molecule has 0 amide bonds. The Morgan fingerprint density at radius 1 is 1.54 bits per heavy atom. The van der Waals surface area contributed by atoms with Gasteiger partial charge in [-0.1, -0.05) is 22.9 Å². The molecular weight excluding hydrogens is 235 g/mol. The van der Waals surface area contributed by atoms with Crippen molar-refractivity contribution in [2.24, 2.45) is 0 Å². The van der Waals surface area contributed by atoms with Crippen LogP contribution in [0.3, 0.4) is 0 Å². The van der Waals surface area contributed by atoms with Gasteiger partial charge in [-0.05, 0) is 23.3 Å². The van der Waals surface area contributed by atoms with Crippen LogP contribution in [-0.4, -0.2) is 11.2 Å². The summed E-state index contributed by atoms with van der Waals surface area (Å²) in [7, 11) is 0. The summed E-state index contributed by atoms with van der Waals surface area (Å²) in [6, 6.07) is 3.34. The fraction of sp³-hybridized carbons (Fsp3) is 0.400. The van der Waals surface area contributed by atoms with Crippen molar-refractivity contribution in [3.63, 3.8) is 0 Å². The lowest BCUT2D eigenvalue weighted by molar-refractivity contribution is 0.162. The van der Waals surface area contributed by atoms with Crippen molar-refractivity contribution in [2.75, 3.05) is 0 Å². The number of rotatable bonds is 0.